The van der Waals surface area contributed by atoms with Crippen molar-refractivity contribution in [2.45, 2.75) is 31.1 Å². The molecule has 1 unspecified atom stereocenters. The number of aliphatic imine (C=N–C) groups is 1. The number of carbonyl (C=O) groups is 2. The van der Waals surface area contributed by atoms with Gasteiger partial charge in [0.1, 0.15) is 0 Å². The predicted octanol–water partition coefficient (Wildman–Crippen LogP) is 1.83. The van der Waals surface area contributed by atoms with Crippen molar-refractivity contribution in [2.24, 2.45) is 4.99 Å². The summed E-state index contributed by atoms with van der Waals surface area (Å²) in [6.45, 7) is 5.01. The Morgan fingerprint density at radius 3 is 2.69 bits per heavy atom. The Morgan fingerprint density at radius 1 is 1.31 bits per heavy atom. The van der Waals surface area contributed by atoms with E-state index < -0.39 is 0 Å². The monoisotopic (exact) mass is 531 g/mol. The first kappa shape index (κ1) is 23.8. The zero-order valence-electron chi connectivity index (χ0n) is 17.0. The van der Waals surface area contributed by atoms with E-state index in [2.05, 4.69) is 27.9 Å². The van der Waals surface area contributed by atoms with Gasteiger partial charge in [0.25, 0.3) is 5.91 Å². The first-order valence-electron chi connectivity index (χ1n) is 9.72. The second-order valence-corrected chi connectivity index (χ2v) is 9.14. The Balaban J connectivity index is 0.00000300. The van der Waals surface area contributed by atoms with Crippen LogP contribution in [-0.4, -0.2) is 66.4 Å². The number of guanidine groups is 1. The maximum Gasteiger partial charge on any atom is 0.254 e. The summed E-state index contributed by atoms with van der Waals surface area (Å²) < 4.78 is 0.283. The zero-order valence-corrected chi connectivity index (χ0v) is 20.1. The molecule has 7 nitrogen and oxygen atoms in total. The van der Waals surface area contributed by atoms with Gasteiger partial charge in [0.15, 0.2) is 5.96 Å². The molecule has 2 aliphatic rings. The van der Waals surface area contributed by atoms with Gasteiger partial charge in [-0.1, -0.05) is 12.1 Å². The van der Waals surface area contributed by atoms with Gasteiger partial charge in [0.2, 0.25) is 5.91 Å². The lowest BCUT2D eigenvalue weighted by Crippen LogP contribution is -2.49. The Morgan fingerprint density at radius 2 is 2.07 bits per heavy atom. The average Bonchev–Trinajstić information content (AvgIpc) is 3.15. The van der Waals surface area contributed by atoms with E-state index in [0.717, 1.165) is 18.1 Å². The lowest BCUT2D eigenvalue weighted by molar-refractivity contribution is -0.123. The Labute approximate surface area is 193 Å². The zero-order chi connectivity index (χ0) is 20.0. The average molecular weight is 531 g/mol. The van der Waals surface area contributed by atoms with Crippen LogP contribution in [0.3, 0.4) is 0 Å². The molecule has 3 N–H and O–H groups in total. The Hall–Kier alpha value is -1.49. The summed E-state index contributed by atoms with van der Waals surface area (Å²) in [6.07, 6.45) is 2.51. The van der Waals surface area contributed by atoms with Crippen LogP contribution < -0.4 is 16.0 Å². The van der Waals surface area contributed by atoms with Crippen molar-refractivity contribution in [3.8, 4) is 0 Å². The van der Waals surface area contributed by atoms with E-state index in [1.165, 1.54) is 18.6 Å². The number of benzene rings is 1. The van der Waals surface area contributed by atoms with Crippen molar-refractivity contribution in [1.82, 2.24) is 20.9 Å². The highest BCUT2D eigenvalue weighted by Crippen LogP contribution is 2.36. The minimum absolute atomic E-state index is 0. The van der Waals surface area contributed by atoms with E-state index in [1.54, 1.807) is 11.9 Å². The fourth-order valence-corrected chi connectivity index (χ4v) is 4.66. The van der Waals surface area contributed by atoms with E-state index in [4.69, 9.17) is 0 Å². The van der Waals surface area contributed by atoms with Crippen LogP contribution in [0.5, 0.6) is 0 Å². The number of hydrogen-bond acceptors (Lipinski definition) is 4. The molecule has 2 heterocycles. The maximum absolute atomic E-state index is 12.5. The molecular formula is C20H30IN5O2S. The molecule has 1 aromatic carbocycles. The Bertz CT molecular complexity index is 735. The molecule has 1 atom stereocenters. The van der Waals surface area contributed by atoms with E-state index in [9.17, 15) is 9.59 Å². The van der Waals surface area contributed by atoms with Crippen molar-refractivity contribution < 1.29 is 9.59 Å². The summed E-state index contributed by atoms with van der Waals surface area (Å²) in [5.74, 6) is 1.81. The summed E-state index contributed by atoms with van der Waals surface area (Å²) in [4.78, 5) is 29.9. The number of hydrogen-bond donors (Lipinski definition) is 3. The van der Waals surface area contributed by atoms with E-state index >= 15 is 0 Å². The molecule has 0 bridgehead atoms. The van der Waals surface area contributed by atoms with Crippen LogP contribution in [0.2, 0.25) is 0 Å². The number of rotatable bonds is 5. The normalized spacial score (nSPS) is 21.9. The highest BCUT2D eigenvalue weighted by molar-refractivity contribution is 14.0. The number of piperazine rings is 1. The van der Waals surface area contributed by atoms with Crippen LogP contribution in [-0.2, 0) is 11.3 Å². The molecule has 0 saturated carbocycles. The van der Waals surface area contributed by atoms with Crippen LogP contribution in [0.4, 0.5) is 0 Å². The summed E-state index contributed by atoms with van der Waals surface area (Å²) in [6, 6.07) is 7.51. The molecule has 0 spiro atoms. The Kier molecular flexibility index (Phi) is 9.06. The van der Waals surface area contributed by atoms with Crippen LogP contribution in [0, 0.1) is 0 Å². The highest BCUT2D eigenvalue weighted by atomic mass is 127. The molecule has 2 fully saturated rings. The second kappa shape index (κ2) is 11.1. The molecule has 3 rings (SSSR count). The quantitative estimate of drug-likeness (QED) is 0.307. The first-order chi connectivity index (χ1) is 13.5. The number of nitrogens with zero attached hydrogens (tertiary/aromatic N) is 2. The molecule has 2 aliphatic heterocycles. The summed E-state index contributed by atoms with van der Waals surface area (Å²) in [5, 5.41) is 9.48. The predicted molar refractivity (Wildman–Crippen MR) is 129 cm³/mol. The molecule has 1 aromatic rings. The minimum atomic E-state index is -0.107. The SMILES string of the molecule is CN=C(NCc1ccc(C(=O)N2CCNC(=O)C2)cc1)NCC1(C)CCCS1.I. The molecular weight excluding hydrogens is 501 g/mol. The van der Waals surface area contributed by atoms with Crippen molar-refractivity contribution in [3.63, 3.8) is 0 Å². The molecule has 0 radical (unpaired) electrons. The van der Waals surface area contributed by atoms with Crippen LogP contribution in [0.1, 0.15) is 35.7 Å². The van der Waals surface area contributed by atoms with Gasteiger partial charge in [0.05, 0.1) is 6.54 Å². The van der Waals surface area contributed by atoms with E-state index in [1.807, 2.05) is 36.0 Å². The van der Waals surface area contributed by atoms with Gasteiger partial charge < -0.3 is 20.9 Å². The maximum atomic E-state index is 12.5. The van der Waals surface area contributed by atoms with Crippen molar-refractivity contribution >= 4 is 53.5 Å². The molecule has 0 aromatic heterocycles. The van der Waals surface area contributed by atoms with E-state index in [-0.39, 0.29) is 47.1 Å². The number of carbonyl (C=O) groups excluding carboxylic acids is 2. The fourth-order valence-electron chi connectivity index (χ4n) is 3.41. The van der Waals surface area contributed by atoms with Gasteiger partial charge in [-0.15, -0.1) is 24.0 Å². The highest BCUT2D eigenvalue weighted by Gasteiger charge is 2.29. The van der Waals surface area contributed by atoms with Gasteiger partial charge in [-0.3, -0.25) is 14.6 Å². The fraction of sp³-hybridized carbons (Fsp3) is 0.550. The third-order valence-electron chi connectivity index (χ3n) is 5.14. The van der Waals surface area contributed by atoms with Gasteiger partial charge in [0, 0.05) is 43.5 Å². The molecule has 2 amide bonds. The van der Waals surface area contributed by atoms with Crippen molar-refractivity contribution in [3.05, 3.63) is 35.4 Å². The van der Waals surface area contributed by atoms with Crippen LogP contribution in [0.15, 0.2) is 29.3 Å². The smallest absolute Gasteiger partial charge is 0.254 e. The lowest BCUT2D eigenvalue weighted by Gasteiger charge is -2.26. The number of amides is 2. The van der Waals surface area contributed by atoms with Gasteiger partial charge in [-0.05, 0) is 43.2 Å². The van der Waals surface area contributed by atoms with Crippen LogP contribution in [0.25, 0.3) is 0 Å². The summed E-state index contributed by atoms with van der Waals surface area (Å²) in [7, 11) is 1.77. The van der Waals surface area contributed by atoms with Gasteiger partial charge in [-0.2, -0.15) is 11.8 Å². The topological polar surface area (TPSA) is 85.8 Å². The van der Waals surface area contributed by atoms with Gasteiger partial charge in [-0.25, -0.2) is 0 Å². The standard InChI is InChI=1S/C20H29N5O2S.HI/c1-20(8-3-11-28-20)14-24-19(21-2)23-12-15-4-6-16(7-5-15)18(27)25-10-9-22-17(26)13-25;/h4-7H,3,8-14H2,1-2H3,(H,22,26)(H2,21,23,24);1H. The number of thioether (sulfide) groups is 1. The molecule has 9 heteroatoms. The molecule has 2 saturated heterocycles. The third-order valence-corrected chi connectivity index (χ3v) is 6.68. The first-order valence-corrected chi connectivity index (χ1v) is 10.7. The lowest BCUT2D eigenvalue weighted by atomic mass is 10.1. The largest absolute Gasteiger partial charge is 0.355 e. The number of halogens is 1. The van der Waals surface area contributed by atoms with E-state index in [0.29, 0.717) is 25.2 Å². The third kappa shape index (κ3) is 6.77. The molecule has 160 valence electrons. The summed E-state index contributed by atoms with van der Waals surface area (Å²) in [5.41, 5.74) is 1.67. The van der Waals surface area contributed by atoms with Crippen LogP contribution >= 0.6 is 35.7 Å². The van der Waals surface area contributed by atoms with Gasteiger partial charge >= 0.3 is 0 Å². The molecule has 29 heavy (non-hydrogen) atoms. The minimum Gasteiger partial charge on any atom is -0.355 e. The second-order valence-electron chi connectivity index (χ2n) is 7.45. The number of nitrogens with one attached hydrogen (secondary N) is 3. The van der Waals surface area contributed by atoms with Crippen molar-refractivity contribution in [2.75, 3.05) is 39.0 Å². The summed E-state index contributed by atoms with van der Waals surface area (Å²) >= 11 is 2.02. The molecule has 0 aliphatic carbocycles. The van der Waals surface area contributed by atoms with Crippen molar-refractivity contribution in [1.29, 1.82) is 0 Å².